The average molecular weight is 392 g/mol. The van der Waals surface area contributed by atoms with Crippen molar-refractivity contribution in [2.24, 2.45) is 0 Å². The van der Waals surface area contributed by atoms with Crippen molar-refractivity contribution in [3.8, 4) is 5.75 Å². The Morgan fingerprint density at radius 2 is 1.62 bits per heavy atom. The van der Waals surface area contributed by atoms with Crippen LogP contribution in [-0.4, -0.2) is 30.2 Å². The van der Waals surface area contributed by atoms with Gasteiger partial charge in [-0.25, -0.2) is 4.98 Å². The van der Waals surface area contributed by atoms with Gasteiger partial charge in [-0.2, -0.15) is 4.98 Å². The molecule has 29 heavy (non-hydrogen) atoms. The van der Waals surface area contributed by atoms with Crippen molar-refractivity contribution in [3.05, 3.63) is 59.8 Å². The number of aryl methyl sites for hydroxylation is 2. The molecule has 152 valence electrons. The summed E-state index contributed by atoms with van der Waals surface area (Å²) >= 11 is 0. The Balaban J connectivity index is 1.79. The van der Waals surface area contributed by atoms with Gasteiger partial charge >= 0.3 is 0 Å². The van der Waals surface area contributed by atoms with Gasteiger partial charge in [0, 0.05) is 41.9 Å². The predicted octanol–water partition coefficient (Wildman–Crippen LogP) is 5.44. The summed E-state index contributed by atoms with van der Waals surface area (Å²) in [6.07, 6.45) is 0. The number of nitrogens with one attached hydrogen (secondary N) is 2. The van der Waals surface area contributed by atoms with Gasteiger partial charge in [-0.3, -0.25) is 0 Å². The lowest BCUT2D eigenvalue weighted by atomic mass is 10.1. The van der Waals surface area contributed by atoms with Gasteiger partial charge in [-0.15, -0.1) is 0 Å². The van der Waals surface area contributed by atoms with E-state index in [1.165, 1.54) is 5.69 Å². The molecule has 0 atom stereocenters. The molecule has 3 rings (SSSR count). The van der Waals surface area contributed by atoms with Crippen molar-refractivity contribution in [1.82, 2.24) is 9.97 Å². The van der Waals surface area contributed by atoms with E-state index >= 15 is 0 Å². The molecule has 0 spiro atoms. The molecule has 0 aliphatic heterocycles. The monoisotopic (exact) mass is 391 g/mol. The van der Waals surface area contributed by atoms with Gasteiger partial charge in [-0.1, -0.05) is 0 Å². The first-order chi connectivity index (χ1) is 14.0. The van der Waals surface area contributed by atoms with Crippen LogP contribution in [0.5, 0.6) is 5.75 Å². The fourth-order valence-electron chi connectivity index (χ4n) is 3.20. The van der Waals surface area contributed by atoms with E-state index in [1.54, 1.807) is 7.11 Å². The molecule has 2 N–H and O–H groups in total. The number of hydrogen-bond donors (Lipinski definition) is 2. The molecule has 0 fully saturated rings. The van der Waals surface area contributed by atoms with E-state index in [2.05, 4.69) is 64.5 Å². The molecule has 0 bridgehead atoms. The van der Waals surface area contributed by atoms with Crippen LogP contribution in [0.1, 0.15) is 25.1 Å². The number of aromatic nitrogens is 2. The minimum Gasteiger partial charge on any atom is -0.497 e. The van der Waals surface area contributed by atoms with E-state index in [4.69, 9.17) is 4.74 Å². The smallest absolute Gasteiger partial charge is 0.229 e. The van der Waals surface area contributed by atoms with Gasteiger partial charge in [0.25, 0.3) is 0 Å². The highest BCUT2D eigenvalue weighted by Crippen LogP contribution is 2.26. The number of rotatable bonds is 8. The summed E-state index contributed by atoms with van der Waals surface area (Å²) in [6.45, 7) is 10.4. The van der Waals surface area contributed by atoms with Crippen LogP contribution in [0.15, 0.2) is 48.5 Å². The fraction of sp³-hybridized carbons (Fsp3) is 0.304. The maximum atomic E-state index is 5.21. The van der Waals surface area contributed by atoms with Crippen molar-refractivity contribution >= 4 is 28.8 Å². The van der Waals surface area contributed by atoms with Crippen LogP contribution < -0.4 is 20.3 Å². The average Bonchev–Trinajstić information content (AvgIpc) is 2.71. The summed E-state index contributed by atoms with van der Waals surface area (Å²) in [5.74, 6) is 2.13. The van der Waals surface area contributed by atoms with Crippen molar-refractivity contribution in [2.75, 3.05) is 35.7 Å². The van der Waals surface area contributed by atoms with Gasteiger partial charge in [-0.05, 0) is 75.7 Å². The maximum absolute atomic E-state index is 5.21. The number of nitrogens with zero attached hydrogens (tertiary/aromatic N) is 3. The lowest BCUT2D eigenvalue weighted by Crippen LogP contribution is -2.21. The molecule has 2 aromatic carbocycles. The normalized spacial score (nSPS) is 10.5. The second kappa shape index (κ2) is 9.28. The molecule has 0 amide bonds. The fourth-order valence-corrected chi connectivity index (χ4v) is 3.20. The van der Waals surface area contributed by atoms with Gasteiger partial charge in [0.1, 0.15) is 11.6 Å². The van der Waals surface area contributed by atoms with E-state index in [9.17, 15) is 0 Å². The summed E-state index contributed by atoms with van der Waals surface area (Å²) in [5, 5.41) is 6.68. The predicted molar refractivity (Wildman–Crippen MR) is 121 cm³/mol. The van der Waals surface area contributed by atoms with Crippen LogP contribution in [0.25, 0.3) is 0 Å². The molecule has 0 aliphatic carbocycles. The molecule has 6 heteroatoms. The molecule has 3 aromatic rings. The summed E-state index contributed by atoms with van der Waals surface area (Å²) < 4.78 is 5.21. The lowest BCUT2D eigenvalue weighted by molar-refractivity contribution is 0.415. The van der Waals surface area contributed by atoms with Gasteiger partial charge in [0.05, 0.1) is 7.11 Å². The third-order valence-corrected chi connectivity index (χ3v) is 4.80. The van der Waals surface area contributed by atoms with Crippen molar-refractivity contribution in [1.29, 1.82) is 0 Å². The molecule has 1 heterocycles. The Morgan fingerprint density at radius 3 is 2.24 bits per heavy atom. The Morgan fingerprint density at radius 1 is 0.897 bits per heavy atom. The number of hydrogen-bond acceptors (Lipinski definition) is 6. The SMILES string of the molecule is CCN(CC)c1ccc(Nc2nc(C)cc(Nc3ccc(OC)cc3)n2)c(C)c1. The minimum atomic E-state index is 0.569. The molecule has 0 aliphatic rings. The van der Waals surface area contributed by atoms with Crippen molar-refractivity contribution in [2.45, 2.75) is 27.7 Å². The summed E-state index contributed by atoms with van der Waals surface area (Å²) in [4.78, 5) is 11.5. The highest BCUT2D eigenvalue weighted by Gasteiger charge is 2.08. The molecule has 0 unspecified atom stereocenters. The van der Waals surface area contributed by atoms with E-state index in [-0.39, 0.29) is 0 Å². The van der Waals surface area contributed by atoms with Crippen LogP contribution in [-0.2, 0) is 0 Å². The molecule has 0 saturated heterocycles. The maximum Gasteiger partial charge on any atom is 0.229 e. The molecular weight excluding hydrogens is 362 g/mol. The second-order valence-corrected chi connectivity index (χ2v) is 6.87. The van der Waals surface area contributed by atoms with Crippen LogP contribution >= 0.6 is 0 Å². The van der Waals surface area contributed by atoms with Crippen molar-refractivity contribution < 1.29 is 4.74 Å². The third-order valence-electron chi connectivity index (χ3n) is 4.80. The summed E-state index contributed by atoms with van der Waals surface area (Å²) in [5.41, 5.74) is 5.21. The van der Waals surface area contributed by atoms with Crippen LogP contribution in [0, 0.1) is 13.8 Å². The van der Waals surface area contributed by atoms with Crippen LogP contribution in [0.3, 0.4) is 0 Å². The zero-order valence-electron chi connectivity index (χ0n) is 17.8. The molecule has 6 nitrogen and oxygen atoms in total. The van der Waals surface area contributed by atoms with Gasteiger partial charge in [0.2, 0.25) is 5.95 Å². The van der Waals surface area contributed by atoms with Crippen LogP contribution in [0.2, 0.25) is 0 Å². The zero-order chi connectivity index (χ0) is 20.8. The number of ether oxygens (including phenoxy) is 1. The van der Waals surface area contributed by atoms with E-state index in [1.807, 2.05) is 37.3 Å². The highest BCUT2D eigenvalue weighted by molar-refractivity contribution is 5.65. The molecule has 1 aromatic heterocycles. The second-order valence-electron chi connectivity index (χ2n) is 6.87. The van der Waals surface area contributed by atoms with Crippen LogP contribution in [0.4, 0.5) is 28.8 Å². The van der Waals surface area contributed by atoms with E-state index < -0.39 is 0 Å². The lowest BCUT2D eigenvalue weighted by Gasteiger charge is -2.22. The molecule has 0 saturated carbocycles. The zero-order valence-corrected chi connectivity index (χ0v) is 17.8. The minimum absolute atomic E-state index is 0.569. The Hall–Kier alpha value is -3.28. The third kappa shape index (κ3) is 5.16. The number of benzene rings is 2. The summed E-state index contributed by atoms with van der Waals surface area (Å²) in [7, 11) is 1.66. The highest BCUT2D eigenvalue weighted by atomic mass is 16.5. The molecule has 0 radical (unpaired) electrons. The summed E-state index contributed by atoms with van der Waals surface area (Å²) in [6, 6.07) is 16.1. The Bertz CT molecular complexity index is 952. The van der Waals surface area contributed by atoms with Crippen molar-refractivity contribution in [3.63, 3.8) is 0 Å². The van der Waals surface area contributed by atoms with Gasteiger partial charge in [0.15, 0.2) is 0 Å². The van der Waals surface area contributed by atoms with Gasteiger partial charge < -0.3 is 20.3 Å². The van der Waals surface area contributed by atoms with E-state index in [0.717, 1.165) is 47.3 Å². The number of anilines is 5. The Labute approximate surface area is 173 Å². The first-order valence-electron chi connectivity index (χ1n) is 9.91. The first-order valence-corrected chi connectivity index (χ1v) is 9.91. The quantitative estimate of drug-likeness (QED) is 0.533. The standard InChI is InChI=1S/C23H29N5O/c1-6-28(7-2)19-10-13-21(16(3)14-19)26-23-24-17(4)15-22(27-23)25-18-8-11-20(29-5)12-9-18/h8-15H,6-7H2,1-5H3,(H2,24,25,26,27). The largest absolute Gasteiger partial charge is 0.497 e. The van der Waals surface area contributed by atoms with E-state index in [0.29, 0.717) is 5.95 Å². The topological polar surface area (TPSA) is 62.3 Å². The first kappa shape index (κ1) is 20.5. The Kier molecular flexibility index (Phi) is 6.54. The molecular formula is C23H29N5O. The number of methoxy groups -OCH3 is 1.